The second-order valence-electron chi connectivity index (χ2n) is 7.41. The third-order valence-corrected chi connectivity index (χ3v) is 5.22. The van der Waals surface area contributed by atoms with Crippen molar-refractivity contribution >= 4 is 5.97 Å². The van der Waals surface area contributed by atoms with Gasteiger partial charge >= 0.3 is 5.97 Å². The maximum absolute atomic E-state index is 12.5. The molecule has 0 aromatic heterocycles. The number of hydrogen-bond acceptors (Lipinski definition) is 7. The Balaban J connectivity index is 1.55. The fraction of sp³-hybridized carbons (Fsp3) is 0.231. The lowest BCUT2D eigenvalue weighted by atomic mass is 10.0. The molecule has 0 bridgehead atoms. The molecule has 1 unspecified atom stereocenters. The highest BCUT2D eigenvalue weighted by molar-refractivity contribution is 5.77. The van der Waals surface area contributed by atoms with E-state index in [1.165, 1.54) is 7.11 Å². The minimum absolute atomic E-state index is 0.232. The number of carbonyl (C=O) groups excluding carboxylic acids is 1. The lowest BCUT2D eigenvalue weighted by Crippen LogP contribution is -2.21. The normalized spacial score (nSPS) is 12.9. The van der Waals surface area contributed by atoms with Gasteiger partial charge in [0.15, 0.2) is 11.5 Å². The van der Waals surface area contributed by atoms with Gasteiger partial charge in [0, 0.05) is 11.6 Å². The van der Waals surface area contributed by atoms with Crippen LogP contribution in [0.5, 0.6) is 23.0 Å². The summed E-state index contributed by atoms with van der Waals surface area (Å²) in [5, 5.41) is 9.55. The van der Waals surface area contributed by atoms with Crippen LogP contribution >= 0.6 is 0 Å². The molecule has 1 aliphatic heterocycles. The van der Waals surface area contributed by atoms with E-state index < -0.39 is 12.1 Å². The molecule has 0 aliphatic carbocycles. The molecule has 0 saturated heterocycles. The number of benzene rings is 3. The summed E-state index contributed by atoms with van der Waals surface area (Å²) in [5.74, 6) is 1.56. The van der Waals surface area contributed by atoms with Gasteiger partial charge in [0.25, 0.3) is 0 Å². The minimum atomic E-state index is -1.02. The van der Waals surface area contributed by atoms with E-state index in [2.05, 4.69) is 6.07 Å². The summed E-state index contributed by atoms with van der Waals surface area (Å²) in [6.07, 6.45) is -1.02. The Labute approximate surface area is 192 Å². The first kappa shape index (κ1) is 22.0. The van der Waals surface area contributed by atoms with Gasteiger partial charge in [0.1, 0.15) is 37.4 Å². The number of carbonyl (C=O) groups is 1. The number of nitriles is 1. The number of aryl methyl sites for hydroxylation is 1. The number of methoxy groups -OCH3 is 1. The SMILES string of the molecule is COC(=O)C(Oc1cc(OCc2ccc3c(c2)OCCO3)ccc1C#N)c1ccccc1C. The molecular weight excluding hydrogens is 422 g/mol. The first-order valence-electron chi connectivity index (χ1n) is 10.4. The molecule has 1 aliphatic rings. The quantitative estimate of drug-likeness (QED) is 0.495. The summed E-state index contributed by atoms with van der Waals surface area (Å²) in [5.41, 5.74) is 2.72. The van der Waals surface area contributed by atoms with Gasteiger partial charge in [-0.15, -0.1) is 0 Å². The standard InChI is InChI=1S/C26H23NO6/c1-17-5-3-4-6-21(17)25(26(28)29-2)33-23-14-20(9-8-19(23)15-27)32-16-18-7-10-22-24(13-18)31-12-11-30-22/h3-10,13-14,25H,11-12,16H2,1-2H3. The van der Waals surface area contributed by atoms with Crippen molar-refractivity contribution in [3.8, 4) is 29.1 Å². The first-order chi connectivity index (χ1) is 16.1. The van der Waals surface area contributed by atoms with Gasteiger partial charge < -0.3 is 23.7 Å². The molecule has 7 nitrogen and oxygen atoms in total. The number of fused-ring (bicyclic) bond motifs is 1. The molecule has 4 rings (SSSR count). The van der Waals surface area contributed by atoms with Gasteiger partial charge in [-0.1, -0.05) is 30.3 Å². The van der Waals surface area contributed by atoms with Crippen LogP contribution in [0.2, 0.25) is 0 Å². The molecule has 0 radical (unpaired) electrons. The average molecular weight is 445 g/mol. The van der Waals surface area contributed by atoms with Crippen LogP contribution < -0.4 is 18.9 Å². The largest absolute Gasteiger partial charge is 0.489 e. The van der Waals surface area contributed by atoms with Crippen LogP contribution in [0.15, 0.2) is 60.7 Å². The lowest BCUT2D eigenvalue weighted by Gasteiger charge is -2.20. The second-order valence-corrected chi connectivity index (χ2v) is 7.41. The Bertz CT molecular complexity index is 1200. The van der Waals surface area contributed by atoms with Gasteiger partial charge in [-0.25, -0.2) is 4.79 Å². The fourth-order valence-electron chi connectivity index (χ4n) is 3.48. The summed E-state index contributed by atoms with van der Waals surface area (Å²) in [6.45, 7) is 3.20. The number of hydrogen-bond donors (Lipinski definition) is 0. The monoisotopic (exact) mass is 445 g/mol. The Kier molecular flexibility index (Phi) is 6.65. The molecule has 0 amide bonds. The fourth-order valence-corrected chi connectivity index (χ4v) is 3.48. The Hall–Kier alpha value is -4.18. The van der Waals surface area contributed by atoms with Crippen molar-refractivity contribution < 1.29 is 28.5 Å². The van der Waals surface area contributed by atoms with Crippen LogP contribution in [0, 0.1) is 18.3 Å². The van der Waals surface area contributed by atoms with Gasteiger partial charge in [-0.2, -0.15) is 5.26 Å². The average Bonchev–Trinajstić information content (AvgIpc) is 2.86. The summed E-state index contributed by atoms with van der Waals surface area (Å²) in [7, 11) is 1.30. The van der Waals surface area contributed by atoms with Crippen molar-refractivity contribution in [2.24, 2.45) is 0 Å². The highest BCUT2D eigenvalue weighted by Crippen LogP contribution is 2.33. The van der Waals surface area contributed by atoms with E-state index in [-0.39, 0.29) is 17.9 Å². The summed E-state index contributed by atoms with van der Waals surface area (Å²) < 4.78 is 28.0. The minimum Gasteiger partial charge on any atom is -0.489 e. The number of rotatable bonds is 7. The Morgan fingerprint density at radius 3 is 2.61 bits per heavy atom. The number of nitrogens with zero attached hydrogens (tertiary/aromatic N) is 1. The molecule has 0 fully saturated rings. The van der Waals surface area contributed by atoms with Crippen LogP contribution in [0.3, 0.4) is 0 Å². The van der Waals surface area contributed by atoms with Crippen LogP contribution in [0.4, 0.5) is 0 Å². The Morgan fingerprint density at radius 1 is 1.06 bits per heavy atom. The number of esters is 1. The van der Waals surface area contributed by atoms with E-state index in [4.69, 9.17) is 23.7 Å². The molecule has 0 N–H and O–H groups in total. The molecular formula is C26H23NO6. The van der Waals surface area contributed by atoms with E-state index >= 15 is 0 Å². The Morgan fingerprint density at radius 2 is 1.85 bits per heavy atom. The van der Waals surface area contributed by atoms with E-state index in [0.29, 0.717) is 36.0 Å². The molecule has 7 heteroatoms. The molecule has 33 heavy (non-hydrogen) atoms. The van der Waals surface area contributed by atoms with Crippen molar-refractivity contribution in [2.45, 2.75) is 19.6 Å². The lowest BCUT2D eigenvalue weighted by molar-refractivity contribution is -0.149. The highest BCUT2D eigenvalue weighted by Gasteiger charge is 2.26. The van der Waals surface area contributed by atoms with E-state index in [1.807, 2.05) is 43.3 Å². The smallest absolute Gasteiger partial charge is 0.351 e. The molecule has 0 saturated carbocycles. The number of ether oxygens (including phenoxy) is 5. The van der Waals surface area contributed by atoms with Crippen LogP contribution in [0.1, 0.15) is 28.4 Å². The van der Waals surface area contributed by atoms with Crippen molar-refractivity contribution in [3.05, 3.63) is 82.9 Å². The summed E-state index contributed by atoms with van der Waals surface area (Å²) >= 11 is 0. The third-order valence-electron chi connectivity index (χ3n) is 5.22. The zero-order chi connectivity index (χ0) is 23.2. The molecule has 3 aromatic carbocycles. The van der Waals surface area contributed by atoms with Crippen molar-refractivity contribution in [1.82, 2.24) is 0 Å². The van der Waals surface area contributed by atoms with Crippen LogP contribution in [-0.2, 0) is 16.1 Å². The highest BCUT2D eigenvalue weighted by atomic mass is 16.6. The predicted octanol–water partition coefficient (Wildman–Crippen LogP) is 4.51. The van der Waals surface area contributed by atoms with Crippen molar-refractivity contribution in [3.63, 3.8) is 0 Å². The van der Waals surface area contributed by atoms with E-state index in [0.717, 1.165) is 11.1 Å². The van der Waals surface area contributed by atoms with Gasteiger partial charge in [-0.05, 0) is 42.3 Å². The topological polar surface area (TPSA) is 87.0 Å². The first-order valence-corrected chi connectivity index (χ1v) is 10.4. The molecule has 1 heterocycles. The van der Waals surface area contributed by atoms with Crippen LogP contribution in [-0.4, -0.2) is 26.3 Å². The zero-order valence-electron chi connectivity index (χ0n) is 18.4. The maximum Gasteiger partial charge on any atom is 0.351 e. The van der Waals surface area contributed by atoms with Gasteiger partial charge in [0.2, 0.25) is 6.10 Å². The van der Waals surface area contributed by atoms with Crippen molar-refractivity contribution in [1.29, 1.82) is 5.26 Å². The molecule has 1 atom stereocenters. The zero-order valence-corrected chi connectivity index (χ0v) is 18.4. The summed E-state index contributed by atoms with van der Waals surface area (Å²) in [4.78, 5) is 12.5. The van der Waals surface area contributed by atoms with E-state index in [1.54, 1.807) is 24.3 Å². The predicted molar refractivity (Wildman–Crippen MR) is 119 cm³/mol. The van der Waals surface area contributed by atoms with Gasteiger partial charge in [-0.3, -0.25) is 0 Å². The summed E-state index contributed by atoms with van der Waals surface area (Å²) in [6, 6.07) is 20.0. The second kappa shape index (κ2) is 9.96. The molecule has 0 spiro atoms. The third kappa shape index (κ3) is 5.01. The van der Waals surface area contributed by atoms with Crippen LogP contribution in [0.25, 0.3) is 0 Å². The molecule has 168 valence electrons. The molecule has 3 aromatic rings. The van der Waals surface area contributed by atoms with Crippen molar-refractivity contribution in [2.75, 3.05) is 20.3 Å². The van der Waals surface area contributed by atoms with E-state index in [9.17, 15) is 10.1 Å². The van der Waals surface area contributed by atoms with Gasteiger partial charge in [0.05, 0.1) is 12.7 Å². The maximum atomic E-state index is 12.5.